The van der Waals surface area contributed by atoms with Gasteiger partial charge in [-0.15, -0.1) is 11.6 Å². The molecule has 0 atom stereocenters. The standard InChI is InChI=1S/C9H7ClF2N2/c1-5-7(3-13)6(2-10)8(4-14-5)9(11)12/h4,9H,2H2,1H3. The molecule has 0 bridgehead atoms. The fourth-order valence-electron chi connectivity index (χ4n) is 1.15. The van der Waals surface area contributed by atoms with Crippen LogP contribution in [0.5, 0.6) is 0 Å². The Morgan fingerprint density at radius 3 is 2.71 bits per heavy atom. The van der Waals surface area contributed by atoms with E-state index in [-0.39, 0.29) is 22.6 Å². The van der Waals surface area contributed by atoms with Crippen molar-refractivity contribution in [3.05, 3.63) is 28.6 Å². The predicted octanol–water partition coefficient (Wildman–Crippen LogP) is 2.94. The number of aromatic nitrogens is 1. The van der Waals surface area contributed by atoms with E-state index in [1.165, 1.54) is 0 Å². The average Bonchev–Trinajstić information content (AvgIpc) is 2.16. The minimum atomic E-state index is -2.65. The molecule has 1 rings (SSSR count). The van der Waals surface area contributed by atoms with E-state index < -0.39 is 6.43 Å². The second kappa shape index (κ2) is 4.34. The molecule has 2 nitrogen and oxygen atoms in total. The summed E-state index contributed by atoms with van der Waals surface area (Å²) in [5.41, 5.74) is 0.490. The van der Waals surface area contributed by atoms with E-state index in [1.54, 1.807) is 6.92 Å². The minimum Gasteiger partial charge on any atom is -0.260 e. The highest BCUT2D eigenvalue weighted by atomic mass is 35.5. The molecule has 0 unspecified atom stereocenters. The Labute approximate surface area is 85.1 Å². The predicted molar refractivity (Wildman–Crippen MR) is 48.2 cm³/mol. The molecule has 0 saturated heterocycles. The van der Waals surface area contributed by atoms with E-state index in [2.05, 4.69) is 4.98 Å². The van der Waals surface area contributed by atoms with Crippen LogP contribution in [0.4, 0.5) is 8.78 Å². The number of halogens is 3. The molecule has 0 aliphatic carbocycles. The van der Waals surface area contributed by atoms with Gasteiger partial charge in [0.15, 0.2) is 0 Å². The molecule has 0 aliphatic rings. The van der Waals surface area contributed by atoms with Gasteiger partial charge in [0, 0.05) is 17.6 Å². The molecule has 0 amide bonds. The molecule has 0 fully saturated rings. The van der Waals surface area contributed by atoms with Crippen LogP contribution in [0, 0.1) is 18.3 Å². The molecule has 0 aliphatic heterocycles. The molecular weight excluding hydrogens is 210 g/mol. The summed E-state index contributed by atoms with van der Waals surface area (Å²) in [5.74, 6) is -0.105. The summed E-state index contributed by atoms with van der Waals surface area (Å²) < 4.78 is 24.9. The van der Waals surface area contributed by atoms with Gasteiger partial charge in [0.2, 0.25) is 0 Å². The normalized spacial score (nSPS) is 10.3. The van der Waals surface area contributed by atoms with Crippen molar-refractivity contribution >= 4 is 11.6 Å². The van der Waals surface area contributed by atoms with Gasteiger partial charge in [-0.3, -0.25) is 4.98 Å². The summed E-state index contributed by atoms with van der Waals surface area (Å²) in [6.45, 7) is 1.59. The Kier molecular flexibility index (Phi) is 3.37. The van der Waals surface area contributed by atoms with Gasteiger partial charge < -0.3 is 0 Å². The Morgan fingerprint density at radius 1 is 1.64 bits per heavy atom. The summed E-state index contributed by atoms with van der Waals surface area (Å²) in [6, 6.07) is 1.83. The highest BCUT2D eigenvalue weighted by Crippen LogP contribution is 2.26. The van der Waals surface area contributed by atoms with E-state index in [0.717, 1.165) is 6.20 Å². The fraction of sp³-hybridized carbons (Fsp3) is 0.333. The van der Waals surface area contributed by atoms with Crippen molar-refractivity contribution in [2.45, 2.75) is 19.2 Å². The van der Waals surface area contributed by atoms with Crippen molar-refractivity contribution in [2.24, 2.45) is 0 Å². The van der Waals surface area contributed by atoms with Gasteiger partial charge in [0.25, 0.3) is 6.43 Å². The molecule has 0 saturated carbocycles. The summed E-state index contributed by atoms with van der Waals surface area (Å²) in [4.78, 5) is 3.72. The SMILES string of the molecule is Cc1ncc(C(F)F)c(CCl)c1C#N. The van der Waals surface area contributed by atoms with Gasteiger partial charge in [-0.2, -0.15) is 5.26 Å². The topological polar surface area (TPSA) is 36.7 Å². The number of nitrogens with zero attached hydrogens (tertiary/aromatic N) is 2. The third-order valence-corrected chi connectivity index (χ3v) is 2.16. The van der Waals surface area contributed by atoms with Crippen molar-refractivity contribution in [3.8, 4) is 6.07 Å². The summed E-state index contributed by atoms with van der Waals surface area (Å²) >= 11 is 5.52. The lowest BCUT2D eigenvalue weighted by Gasteiger charge is -2.08. The fourth-order valence-corrected chi connectivity index (χ4v) is 1.44. The number of hydrogen-bond donors (Lipinski definition) is 0. The van der Waals surface area contributed by atoms with Crippen molar-refractivity contribution in [1.82, 2.24) is 4.98 Å². The molecule has 74 valence electrons. The Morgan fingerprint density at radius 2 is 2.29 bits per heavy atom. The number of aryl methyl sites for hydroxylation is 1. The maximum atomic E-state index is 12.5. The van der Waals surface area contributed by atoms with Crippen molar-refractivity contribution in [1.29, 1.82) is 5.26 Å². The van der Waals surface area contributed by atoms with Crippen LogP contribution in [0.25, 0.3) is 0 Å². The molecule has 0 N–H and O–H groups in total. The highest BCUT2D eigenvalue weighted by molar-refractivity contribution is 6.17. The first kappa shape index (κ1) is 10.9. The van der Waals surface area contributed by atoms with Crippen LogP contribution in [0.2, 0.25) is 0 Å². The van der Waals surface area contributed by atoms with E-state index in [0.29, 0.717) is 5.69 Å². The second-order valence-corrected chi connectivity index (χ2v) is 2.97. The van der Waals surface area contributed by atoms with Gasteiger partial charge in [-0.25, -0.2) is 8.78 Å². The zero-order valence-electron chi connectivity index (χ0n) is 7.39. The van der Waals surface area contributed by atoms with Gasteiger partial charge in [-0.1, -0.05) is 0 Å². The first-order valence-electron chi connectivity index (χ1n) is 3.84. The lowest BCUT2D eigenvalue weighted by Crippen LogP contribution is -2.01. The second-order valence-electron chi connectivity index (χ2n) is 2.70. The van der Waals surface area contributed by atoms with Crippen molar-refractivity contribution < 1.29 is 8.78 Å². The lowest BCUT2D eigenvalue weighted by atomic mass is 10.0. The van der Waals surface area contributed by atoms with Crippen LogP contribution in [-0.4, -0.2) is 4.98 Å². The Balaban J connectivity index is 3.42. The van der Waals surface area contributed by atoms with Gasteiger partial charge >= 0.3 is 0 Å². The Hall–Kier alpha value is -1.21. The molecule has 0 spiro atoms. The third kappa shape index (κ3) is 1.83. The molecule has 14 heavy (non-hydrogen) atoms. The summed E-state index contributed by atoms with van der Waals surface area (Å²) in [6.07, 6.45) is -1.58. The maximum absolute atomic E-state index is 12.5. The maximum Gasteiger partial charge on any atom is 0.265 e. The monoisotopic (exact) mass is 216 g/mol. The van der Waals surface area contributed by atoms with Crippen LogP contribution in [0.15, 0.2) is 6.20 Å². The molecule has 0 aromatic carbocycles. The van der Waals surface area contributed by atoms with E-state index >= 15 is 0 Å². The van der Waals surface area contributed by atoms with Gasteiger partial charge in [0.05, 0.1) is 11.3 Å². The van der Waals surface area contributed by atoms with Crippen LogP contribution in [0.1, 0.15) is 28.8 Å². The number of alkyl halides is 3. The zero-order chi connectivity index (χ0) is 10.7. The van der Waals surface area contributed by atoms with Crippen molar-refractivity contribution in [2.75, 3.05) is 0 Å². The molecule has 1 heterocycles. The van der Waals surface area contributed by atoms with Crippen LogP contribution in [-0.2, 0) is 5.88 Å². The summed E-state index contributed by atoms with van der Waals surface area (Å²) in [7, 11) is 0. The number of nitriles is 1. The largest absolute Gasteiger partial charge is 0.265 e. The number of hydrogen-bond acceptors (Lipinski definition) is 2. The molecular formula is C9H7ClF2N2. The van der Waals surface area contributed by atoms with E-state index in [4.69, 9.17) is 16.9 Å². The van der Waals surface area contributed by atoms with Crippen LogP contribution in [0.3, 0.4) is 0 Å². The number of pyridine rings is 1. The Bertz CT molecular complexity index is 385. The molecule has 0 radical (unpaired) electrons. The molecule has 5 heteroatoms. The smallest absolute Gasteiger partial charge is 0.260 e. The first-order chi connectivity index (χ1) is 6.61. The first-order valence-corrected chi connectivity index (χ1v) is 4.37. The zero-order valence-corrected chi connectivity index (χ0v) is 8.15. The minimum absolute atomic E-state index is 0.105. The summed E-state index contributed by atoms with van der Waals surface area (Å²) in [5, 5.41) is 8.74. The van der Waals surface area contributed by atoms with E-state index in [9.17, 15) is 8.78 Å². The van der Waals surface area contributed by atoms with Gasteiger partial charge in [0.1, 0.15) is 6.07 Å². The van der Waals surface area contributed by atoms with Crippen LogP contribution < -0.4 is 0 Å². The van der Waals surface area contributed by atoms with Gasteiger partial charge in [-0.05, 0) is 12.5 Å². The third-order valence-electron chi connectivity index (χ3n) is 1.89. The molecule has 1 aromatic heterocycles. The highest BCUT2D eigenvalue weighted by Gasteiger charge is 2.17. The van der Waals surface area contributed by atoms with E-state index in [1.807, 2.05) is 6.07 Å². The molecule has 1 aromatic rings. The lowest BCUT2D eigenvalue weighted by molar-refractivity contribution is 0.150. The van der Waals surface area contributed by atoms with Crippen molar-refractivity contribution in [3.63, 3.8) is 0 Å². The van der Waals surface area contributed by atoms with Crippen LogP contribution >= 0.6 is 11.6 Å². The quantitative estimate of drug-likeness (QED) is 0.713. The average molecular weight is 217 g/mol. The number of rotatable bonds is 2.